The Balaban J connectivity index is 2.82. The number of methoxy groups -OCH3 is 1. The van der Waals surface area contributed by atoms with Crippen molar-refractivity contribution in [1.29, 1.82) is 0 Å². The van der Waals surface area contributed by atoms with Crippen LogP contribution in [-0.4, -0.2) is 26.5 Å². The van der Waals surface area contributed by atoms with Gasteiger partial charge in [0.1, 0.15) is 5.75 Å². The van der Waals surface area contributed by atoms with Crippen LogP contribution in [0, 0.1) is 0 Å². The van der Waals surface area contributed by atoms with Crippen LogP contribution in [0.4, 0.5) is 14.5 Å². The van der Waals surface area contributed by atoms with Gasteiger partial charge in [0.05, 0.1) is 7.11 Å². The Hall–Kier alpha value is -1.65. The molecule has 82 valence electrons. The van der Waals surface area contributed by atoms with Crippen LogP contribution in [0.15, 0.2) is 24.3 Å². The SMILES string of the molecule is COc1ccc(N(C)C(=O)C(F)F)cc1. The molecule has 0 aliphatic carbocycles. The second kappa shape index (κ2) is 4.72. The van der Waals surface area contributed by atoms with Crippen molar-refractivity contribution in [3.8, 4) is 5.75 Å². The monoisotopic (exact) mass is 215 g/mol. The number of ether oxygens (including phenoxy) is 1. The van der Waals surface area contributed by atoms with E-state index in [1.807, 2.05) is 0 Å². The summed E-state index contributed by atoms with van der Waals surface area (Å²) in [4.78, 5) is 11.8. The van der Waals surface area contributed by atoms with Crippen molar-refractivity contribution in [2.45, 2.75) is 6.43 Å². The molecule has 1 aromatic rings. The molecule has 0 aliphatic rings. The van der Waals surface area contributed by atoms with Gasteiger partial charge in [0.25, 0.3) is 5.91 Å². The molecule has 0 spiro atoms. The highest BCUT2D eigenvalue weighted by Crippen LogP contribution is 2.19. The molecule has 0 unspecified atom stereocenters. The van der Waals surface area contributed by atoms with Crippen LogP contribution < -0.4 is 9.64 Å². The number of carbonyl (C=O) groups is 1. The molecule has 0 aliphatic heterocycles. The van der Waals surface area contributed by atoms with E-state index < -0.39 is 12.3 Å². The number of carbonyl (C=O) groups excluding carboxylic acids is 1. The molecule has 0 radical (unpaired) electrons. The summed E-state index contributed by atoms with van der Waals surface area (Å²) < 4.78 is 29.1. The Kier molecular flexibility index (Phi) is 3.60. The molecule has 0 fully saturated rings. The highest BCUT2D eigenvalue weighted by atomic mass is 19.3. The van der Waals surface area contributed by atoms with Crippen LogP contribution in [0.3, 0.4) is 0 Å². The van der Waals surface area contributed by atoms with Gasteiger partial charge >= 0.3 is 6.43 Å². The van der Waals surface area contributed by atoms with E-state index in [0.29, 0.717) is 11.4 Å². The molecule has 3 nitrogen and oxygen atoms in total. The minimum atomic E-state index is -2.99. The number of nitrogens with zero attached hydrogens (tertiary/aromatic N) is 1. The highest BCUT2D eigenvalue weighted by molar-refractivity contribution is 5.95. The lowest BCUT2D eigenvalue weighted by Gasteiger charge is -2.16. The Labute approximate surface area is 86.3 Å². The molecule has 0 atom stereocenters. The summed E-state index contributed by atoms with van der Waals surface area (Å²) in [7, 11) is 2.80. The van der Waals surface area contributed by atoms with Crippen LogP contribution >= 0.6 is 0 Å². The van der Waals surface area contributed by atoms with Gasteiger partial charge < -0.3 is 9.64 Å². The first-order valence-electron chi connectivity index (χ1n) is 4.26. The topological polar surface area (TPSA) is 29.5 Å². The van der Waals surface area contributed by atoms with Crippen LogP contribution in [0.25, 0.3) is 0 Å². The predicted octanol–water partition coefficient (Wildman–Crippen LogP) is 1.92. The van der Waals surface area contributed by atoms with Crippen molar-refractivity contribution in [3.05, 3.63) is 24.3 Å². The van der Waals surface area contributed by atoms with E-state index in [9.17, 15) is 13.6 Å². The van der Waals surface area contributed by atoms with E-state index in [1.165, 1.54) is 14.2 Å². The van der Waals surface area contributed by atoms with Crippen molar-refractivity contribution in [2.24, 2.45) is 0 Å². The first-order chi connectivity index (χ1) is 7.06. The standard InChI is InChI=1S/C10H11F2NO2/c1-13(10(14)9(11)12)7-3-5-8(15-2)6-4-7/h3-6,9H,1-2H3. The molecule has 5 heteroatoms. The molecule has 0 N–H and O–H groups in total. The van der Waals surface area contributed by atoms with Gasteiger partial charge in [0.15, 0.2) is 0 Å². The molecule has 1 aromatic carbocycles. The Morgan fingerprint density at radius 2 is 1.87 bits per heavy atom. The van der Waals surface area contributed by atoms with E-state index in [-0.39, 0.29) is 0 Å². The van der Waals surface area contributed by atoms with E-state index >= 15 is 0 Å². The molecule has 0 heterocycles. The molecule has 0 aromatic heterocycles. The maximum atomic E-state index is 12.1. The van der Waals surface area contributed by atoms with Crippen LogP contribution in [0.2, 0.25) is 0 Å². The predicted molar refractivity (Wildman–Crippen MR) is 52.4 cm³/mol. The number of alkyl halides is 2. The maximum absolute atomic E-state index is 12.1. The fourth-order valence-corrected chi connectivity index (χ4v) is 1.08. The molecular weight excluding hydrogens is 204 g/mol. The van der Waals surface area contributed by atoms with E-state index in [0.717, 1.165) is 4.90 Å². The van der Waals surface area contributed by atoms with Gasteiger partial charge in [-0.15, -0.1) is 0 Å². The molecule has 0 saturated heterocycles. The lowest BCUT2D eigenvalue weighted by Crippen LogP contribution is -2.31. The largest absolute Gasteiger partial charge is 0.497 e. The third kappa shape index (κ3) is 2.65. The molecule has 15 heavy (non-hydrogen) atoms. The lowest BCUT2D eigenvalue weighted by atomic mass is 10.3. The van der Waals surface area contributed by atoms with Gasteiger partial charge in [-0.2, -0.15) is 8.78 Å². The van der Waals surface area contributed by atoms with Gasteiger partial charge in [0, 0.05) is 12.7 Å². The van der Waals surface area contributed by atoms with Gasteiger partial charge in [-0.3, -0.25) is 4.79 Å². The van der Waals surface area contributed by atoms with Gasteiger partial charge in [-0.05, 0) is 24.3 Å². The second-order valence-electron chi connectivity index (χ2n) is 2.90. The molecule has 1 rings (SSSR count). The number of hydrogen-bond acceptors (Lipinski definition) is 2. The Morgan fingerprint density at radius 1 is 1.33 bits per heavy atom. The van der Waals surface area contributed by atoms with Gasteiger partial charge in [-0.25, -0.2) is 0 Å². The first kappa shape index (κ1) is 11.4. The zero-order chi connectivity index (χ0) is 11.4. The fourth-order valence-electron chi connectivity index (χ4n) is 1.08. The van der Waals surface area contributed by atoms with Crippen molar-refractivity contribution >= 4 is 11.6 Å². The summed E-state index contributed by atoms with van der Waals surface area (Å²) in [5, 5.41) is 0. The summed E-state index contributed by atoms with van der Waals surface area (Å²) >= 11 is 0. The second-order valence-corrected chi connectivity index (χ2v) is 2.90. The average Bonchev–Trinajstić information content (AvgIpc) is 2.27. The molecule has 1 amide bonds. The molecule has 0 saturated carbocycles. The van der Waals surface area contributed by atoms with Gasteiger partial charge in [0.2, 0.25) is 0 Å². The zero-order valence-electron chi connectivity index (χ0n) is 8.41. The van der Waals surface area contributed by atoms with E-state index in [1.54, 1.807) is 24.3 Å². The van der Waals surface area contributed by atoms with Crippen molar-refractivity contribution < 1.29 is 18.3 Å². The van der Waals surface area contributed by atoms with Crippen molar-refractivity contribution in [1.82, 2.24) is 0 Å². The highest BCUT2D eigenvalue weighted by Gasteiger charge is 2.20. The van der Waals surface area contributed by atoms with Crippen LogP contribution in [-0.2, 0) is 4.79 Å². The number of amides is 1. The van der Waals surface area contributed by atoms with Crippen LogP contribution in [0.5, 0.6) is 5.75 Å². The smallest absolute Gasteiger partial charge is 0.316 e. The van der Waals surface area contributed by atoms with E-state index in [2.05, 4.69) is 0 Å². The van der Waals surface area contributed by atoms with Crippen LogP contribution in [0.1, 0.15) is 0 Å². The Bertz CT molecular complexity index is 338. The third-order valence-electron chi connectivity index (χ3n) is 1.98. The summed E-state index contributed by atoms with van der Waals surface area (Å²) in [5.41, 5.74) is 0.404. The quantitative estimate of drug-likeness (QED) is 0.771. The number of hydrogen-bond donors (Lipinski definition) is 0. The van der Waals surface area contributed by atoms with E-state index in [4.69, 9.17) is 4.74 Å². The minimum Gasteiger partial charge on any atom is -0.497 e. The van der Waals surface area contributed by atoms with Crippen molar-refractivity contribution in [2.75, 3.05) is 19.1 Å². The number of halogens is 2. The zero-order valence-corrected chi connectivity index (χ0v) is 8.41. The number of anilines is 1. The summed E-state index contributed by atoms with van der Waals surface area (Å²) in [6.07, 6.45) is -2.99. The normalized spacial score (nSPS) is 10.2. The molecule has 0 bridgehead atoms. The minimum absolute atomic E-state index is 0.404. The average molecular weight is 215 g/mol. The number of benzene rings is 1. The first-order valence-corrected chi connectivity index (χ1v) is 4.26. The summed E-state index contributed by atoms with van der Waals surface area (Å²) in [5.74, 6) is -0.614. The fraction of sp³-hybridized carbons (Fsp3) is 0.300. The third-order valence-corrected chi connectivity index (χ3v) is 1.98. The maximum Gasteiger partial charge on any atom is 0.316 e. The van der Waals surface area contributed by atoms with Crippen molar-refractivity contribution in [3.63, 3.8) is 0 Å². The number of rotatable bonds is 3. The summed E-state index contributed by atoms with van der Waals surface area (Å²) in [6, 6.07) is 6.29. The lowest BCUT2D eigenvalue weighted by molar-refractivity contribution is -0.128. The van der Waals surface area contributed by atoms with Gasteiger partial charge in [-0.1, -0.05) is 0 Å². The summed E-state index contributed by atoms with van der Waals surface area (Å²) in [6.45, 7) is 0. The Morgan fingerprint density at radius 3 is 2.27 bits per heavy atom. The molecular formula is C10H11F2NO2.